The summed E-state index contributed by atoms with van der Waals surface area (Å²) < 4.78 is 5.24. The molecule has 0 saturated carbocycles. The number of fused-ring (bicyclic) bond motifs is 1. The number of nitrogens with one attached hydrogen (secondary N) is 1. The molecule has 0 fully saturated rings. The maximum atomic E-state index is 5.24. The number of ether oxygens (including phenoxy) is 1. The molecule has 0 atom stereocenters. The second-order valence-corrected chi connectivity index (χ2v) is 5.97. The van der Waals surface area contributed by atoms with Crippen molar-refractivity contribution in [3.8, 4) is 17.0 Å². The van der Waals surface area contributed by atoms with Crippen LogP contribution in [0.4, 0.5) is 11.5 Å². The van der Waals surface area contributed by atoms with Crippen molar-refractivity contribution < 1.29 is 4.74 Å². The molecular weight excluding hydrogens is 324 g/mol. The Labute approximate surface area is 151 Å². The zero-order chi connectivity index (χ0) is 17.9. The van der Waals surface area contributed by atoms with E-state index in [1.165, 1.54) is 0 Å². The van der Waals surface area contributed by atoms with Gasteiger partial charge in [0.15, 0.2) is 0 Å². The van der Waals surface area contributed by atoms with Crippen molar-refractivity contribution in [2.75, 3.05) is 12.4 Å². The third-order valence-corrected chi connectivity index (χ3v) is 4.12. The van der Waals surface area contributed by atoms with Crippen LogP contribution in [0.1, 0.15) is 5.69 Å². The third-order valence-electron chi connectivity index (χ3n) is 4.12. The van der Waals surface area contributed by atoms with Crippen LogP contribution in [0, 0.1) is 6.92 Å². The van der Waals surface area contributed by atoms with Gasteiger partial charge in [0, 0.05) is 17.1 Å². The van der Waals surface area contributed by atoms with Crippen LogP contribution in [0.2, 0.25) is 0 Å². The van der Waals surface area contributed by atoms with Gasteiger partial charge in [-0.05, 0) is 43.3 Å². The van der Waals surface area contributed by atoms with Crippen LogP contribution in [0.5, 0.6) is 5.75 Å². The van der Waals surface area contributed by atoms with E-state index in [4.69, 9.17) is 9.72 Å². The van der Waals surface area contributed by atoms with Crippen molar-refractivity contribution in [2.45, 2.75) is 6.92 Å². The van der Waals surface area contributed by atoms with Crippen LogP contribution < -0.4 is 10.1 Å². The van der Waals surface area contributed by atoms with Crippen molar-refractivity contribution in [2.24, 2.45) is 0 Å². The SMILES string of the molecule is COc1ccc(-c2cc(Nc3cncc(C)n3)c3ccccc3n2)cc1. The monoisotopic (exact) mass is 342 g/mol. The number of para-hydroxylation sites is 1. The lowest BCUT2D eigenvalue weighted by atomic mass is 10.1. The lowest BCUT2D eigenvalue weighted by molar-refractivity contribution is 0.415. The quantitative estimate of drug-likeness (QED) is 0.580. The minimum Gasteiger partial charge on any atom is -0.497 e. The summed E-state index contributed by atoms with van der Waals surface area (Å²) in [4.78, 5) is 13.5. The third kappa shape index (κ3) is 3.19. The summed E-state index contributed by atoms with van der Waals surface area (Å²) in [6, 6.07) is 18.0. The highest BCUT2D eigenvalue weighted by atomic mass is 16.5. The number of aryl methyl sites for hydroxylation is 1. The fourth-order valence-electron chi connectivity index (χ4n) is 2.85. The number of hydrogen-bond acceptors (Lipinski definition) is 5. The number of methoxy groups -OCH3 is 1. The molecule has 0 spiro atoms. The van der Waals surface area contributed by atoms with Crippen LogP contribution in [0.3, 0.4) is 0 Å². The Hall–Kier alpha value is -3.47. The summed E-state index contributed by atoms with van der Waals surface area (Å²) in [6.07, 6.45) is 3.45. The molecule has 0 unspecified atom stereocenters. The highest BCUT2D eigenvalue weighted by Gasteiger charge is 2.09. The molecule has 0 radical (unpaired) electrons. The molecule has 0 bridgehead atoms. The Morgan fingerprint density at radius 1 is 0.923 bits per heavy atom. The molecule has 0 saturated heterocycles. The summed E-state index contributed by atoms with van der Waals surface area (Å²) in [5.41, 5.74) is 4.64. The first kappa shape index (κ1) is 16.0. The Bertz CT molecular complexity index is 1060. The van der Waals surface area contributed by atoms with Crippen LogP contribution >= 0.6 is 0 Å². The maximum absolute atomic E-state index is 5.24. The molecule has 2 aromatic carbocycles. The van der Waals surface area contributed by atoms with E-state index in [1.807, 2.05) is 61.5 Å². The van der Waals surface area contributed by atoms with Gasteiger partial charge in [-0.25, -0.2) is 9.97 Å². The Morgan fingerprint density at radius 3 is 2.50 bits per heavy atom. The largest absolute Gasteiger partial charge is 0.497 e. The van der Waals surface area contributed by atoms with Crippen molar-refractivity contribution in [3.05, 3.63) is 72.7 Å². The highest BCUT2D eigenvalue weighted by Crippen LogP contribution is 2.30. The molecule has 0 aliphatic rings. The molecule has 0 aliphatic carbocycles. The molecule has 2 heterocycles. The Kier molecular flexibility index (Phi) is 4.19. The van der Waals surface area contributed by atoms with Crippen molar-refractivity contribution in [1.29, 1.82) is 0 Å². The predicted molar refractivity (Wildman–Crippen MR) is 104 cm³/mol. The molecule has 1 N–H and O–H groups in total. The first-order chi connectivity index (χ1) is 12.7. The minimum absolute atomic E-state index is 0.710. The van der Waals surface area contributed by atoms with Crippen molar-refractivity contribution in [1.82, 2.24) is 15.0 Å². The van der Waals surface area contributed by atoms with Gasteiger partial charge in [0.1, 0.15) is 11.6 Å². The minimum atomic E-state index is 0.710. The average Bonchev–Trinajstić information content (AvgIpc) is 2.68. The van der Waals surface area contributed by atoms with E-state index in [2.05, 4.69) is 15.3 Å². The zero-order valence-corrected chi connectivity index (χ0v) is 14.6. The average molecular weight is 342 g/mol. The summed E-state index contributed by atoms with van der Waals surface area (Å²) >= 11 is 0. The van der Waals surface area contributed by atoms with Crippen LogP contribution in [-0.2, 0) is 0 Å². The van der Waals surface area contributed by atoms with Gasteiger partial charge >= 0.3 is 0 Å². The number of rotatable bonds is 4. The number of anilines is 2. The highest BCUT2D eigenvalue weighted by molar-refractivity contribution is 5.95. The molecule has 26 heavy (non-hydrogen) atoms. The van der Waals surface area contributed by atoms with Crippen LogP contribution in [0.25, 0.3) is 22.2 Å². The number of nitrogens with zero attached hydrogens (tertiary/aromatic N) is 3. The van der Waals surface area contributed by atoms with E-state index in [9.17, 15) is 0 Å². The first-order valence-corrected chi connectivity index (χ1v) is 8.33. The maximum Gasteiger partial charge on any atom is 0.149 e. The standard InChI is InChI=1S/C21H18N4O/c1-14-12-22-13-21(23-14)25-20-11-19(15-7-9-16(26-2)10-8-15)24-18-6-4-3-5-17(18)20/h3-13H,1-2H3,(H,23,24,25). The van der Waals surface area contributed by atoms with Gasteiger partial charge in [-0.1, -0.05) is 18.2 Å². The molecule has 2 aromatic heterocycles. The second kappa shape index (κ2) is 6.80. The first-order valence-electron chi connectivity index (χ1n) is 8.33. The van der Waals surface area contributed by atoms with Crippen LogP contribution in [0.15, 0.2) is 67.0 Å². The molecule has 128 valence electrons. The van der Waals surface area contributed by atoms with E-state index in [0.29, 0.717) is 5.82 Å². The molecule has 4 aromatic rings. The summed E-state index contributed by atoms with van der Waals surface area (Å²) in [5.74, 6) is 1.53. The number of hydrogen-bond donors (Lipinski definition) is 1. The topological polar surface area (TPSA) is 59.9 Å². The van der Waals surface area contributed by atoms with Gasteiger partial charge < -0.3 is 10.1 Å². The molecular formula is C21H18N4O. The van der Waals surface area contributed by atoms with E-state index in [0.717, 1.165) is 39.3 Å². The lowest BCUT2D eigenvalue weighted by Gasteiger charge is -2.12. The fraction of sp³-hybridized carbons (Fsp3) is 0.0952. The summed E-state index contributed by atoms with van der Waals surface area (Å²) in [5, 5.41) is 4.42. The Morgan fingerprint density at radius 2 is 1.73 bits per heavy atom. The summed E-state index contributed by atoms with van der Waals surface area (Å²) in [7, 11) is 1.66. The number of pyridine rings is 1. The lowest BCUT2D eigenvalue weighted by Crippen LogP contribution is -1.98. The van der Waals surface area contributed by atoms with Crippen molar-refractivity contribution >= 4 is 22.4 Å². The fourth-order valence-corrected chi connectivity index (χ4v) is 2.85. The van der Waals surface area contributed by atoms with Gasteiger partial charge in [-0.3, -0.25) is 4.98 Å². The van der Waals surface area contributed by atoms with Crippen LogP contribution in [-0.4, -0.2) is 22.1 Å². The molecule has 0 aliphatic heterocycles. The van der Waals surface area contributed by atoms with E-state index < -0.39 is 0 Å². The molecule has 4 rings (SSSR count). The Balaban J connectivity index is 1.82. The molecule has 0 amide bonds. The normalized spacial score (nSPS) is 10.7. The van der Waals surface area contributed by atoms with Gasteiger partial charge in [0.05, 0.1) is 35.9 Å². The smallest absolute Gasteiger partial charge is 0.149 e. The second-order valence-electron chi connectivity index (χ2n) is 5.97. The number of aromatic nitrogens is 3. The summed E-state index contributed by atoms with van der Waals surface area (Å²) in [6.45, 7) is 1.92. The van der Waals surface area contributed by atoms with E-state index >= 15 is 0 Å². The number of benzene rings is 2. The van der Waals surface area contributed by atoms with Gasteiger partial charge in [-0.15, -0.1) is 0 Å². The predicted octanol–water partition coefficient (Wildman–Crippen LogP) is 4.75. The van der Waals surface area contributed by atoms with Gasteiger partial charge in [0.2, 0.25) is 0 Å². The molecule has 5 nitrogen and oxygen atoms in total. The van der Waals surface area contributed by atoms with E-state index in [1.54, 1.807) is 19.5 Å². The molecule has 5 heteroatoms. The van der Waals surface area contributed by atoms with E-state index in [-0.39, 0.29) is 0 Å². The van der Waals surface area contributed by atoms with Gasteiger partial charge in [0.25, 0.3) is 0 Å². The van der Waals surface area contributed by atoms with Crippen molar-refractivity contribution in [3.63, 3.8) is 0 Å². The van der Waals surface area contributed by atoms with Gasteiger partial charge in [-0.2, -0.15) is 0 Å². The zero-order valence-electron chi connectivity index (χ0n) is 14.6.